The molecule has 1 heterocycles. The van der Waals surface area contributed by atoms with Crippen LogP contribution in [-0.4, -0.2) is 13.1 Å². The lowest BCUT2D eigenvalue weighted by molar-refractivity contribution is 0.623. The number of hydrogen-bond donors (Lipinski definition) is 0. The van der Waals surface area contributed by atoms with Gasteiger partial charge in [-0.25, -0.2) is 4.39 Å². The quantitative estimate of drug-likeness (QED) is 0.576. The fourth-order valence-corrected chi connectivity index (χ4v) is 3.08. The largest absolute Gasteiger partial charge is 0.369 e. The molecule has 1 aliphatic rings. The topological polar surface area (TPSA) is 27.0 Å². The van der Waals surface area contributed by atoms with Crippen molar-refractivity contribution in [2.24, 2.45) is 0 Å². The van der Waals surface area contributed by atoms with Crippen LogP contribution in [0.4, 0.5) is 10.1 Å². The van der Waals surface area contributed by atoms with E-state index in [9.17, 15) is 9.65 Å². The fraction of sp³-hybridized carbons (Fsp3) is 0.211. The van der Waals surface area contributed by atoms with E-state index in [2.05, 4.69) is 11.0 Å². The molecule has 3 rings (SSSR count). The molecule has 2 nitrogen and oxygen atoms in total. The first-order valence-corrected chi connectivity index (χ1v) is 7.98. The number of hydrogen-bond acceptors (Lipinski definition) is 2. The Morgan fingerprint density at radius 2 is 1.91 bits per heavy atom. The average Bonchev–Trinajstić information content (AvgIpc) is 3.08. The molecule has 0 radical (unpaired) electrons. The molecule has 23 heavy (non-hydrogen) atoms. The van der Waals surface area contributed by atoms with Crippen LogP contribution in [0.2, 0.25) is 5.02 Å². The fourth-order valence-electron chi connectivity index (χ4n) is 2.84. The van der Waals surface area contributed by atoms with E-state index in [1.807, 2.05) is 18.2 Å². The zero-order valence-corrected chi connectivity index (χ0v) is 13.4. The maximum atomic E-state index is 14.4. The summed E-state index contributed by atoms with van der Waals surface area (Å²) in [7, 11) is 0. The second-order valence-corrected chi connectivity index (χ2v) is 5.96. The van der Waals surface area contributed by atoms with Crippen molar-refractivity contribution in [2.75, 3.05) is 18.0 Å². The van der Waals surface area contributed by atoms with Gasteiger partial charge in [0.1, 0.15) is 5.82 Å². The third-order valence-electron chi connectivity index (χ3n) is 4.01. The van der Waals surface area contributed by atoms with E-state index in [4.69, 9.17) is 11.6 Å². The predicted octanol–water partition coefficient (Wildman–Crippen LogP) is 5.14. The third-order valence-corrected chi connectivity index (χ3v) is 4.34. The van der Waals surface area contributed by atoms with Gasteiger partial charge in [0, 0.05) is 23.7 Å². The minimum Gasteiger partial charge on any atom is -0.369 e. The molecule has 0 aliphatic carbocycles. The maximum absolute atomic E-state index is 14.4. The Labute approximate surface area is 140 Å². The van der Waals surface area contributed by atoms with Crippen LogP contribution in [-0.2, 0) is 0 Å². The molecule has 0 N–H and O–H groups in total. The standard InChI is InChI=1S/C19H16ClFN2/c20-17-6-2-1-5-16(17)15(13-22)11-14-7-8-19(18(21)12-14)23-9-3-4-10-23/h1-2,5-8,11-12H,3-4,9-10H2. The van der Waals surface area contributed by atoms with E-state index in [0.29, 0.717) is 27.4 Å². The molecule has 0 bridgehead atoms. The molecule has 1 aliphatic heterocycles. The number of rotatable bonds is 3. The molecule has 1 fully saturated rings. The molecule has 0 spiro atoms. The zero-order valence-electron chi connectivity index (χ0n) is 12.6. The molecule has 0 atom stereocenters. The summed E-state index contributed by atoms with van der Waals surface area (Å²) in [5.74, 6) is -0.253. The Bertz CT molecular complexity index is 786. The highest BCUT2D eigenvalue weighted by Gasteiger charge is 2.16. The van der Waals surface area contributed by atoms with Gasteiger partial charge in [-0.3, -0.25) is 0 Å². The number of allylic oxidation sites excluding steroid dienone is 1. The van der Waals surface area contributed by atoms with E-state index < -0.39 is 0 Å². The SMILES string of the molecule is N#CC(=Cc1ccc(N2CCCC2)c(F)c1)c1ccccc1Cl. The highest BCUT2D eigenvalue weighted by atomic mass is 35.5. The second-order valence-electron chi connectivity index (χ2n) is 5.55. The van der Waals surface area contributed by atoms with Gasteiger partial charge >= 0.3 is 0 Å². The smallest absolute Gasteiger partial charge is 0.147 e. The summed E-state index contributed by atoms with van der Waals surface area (Å²) < 4.78 is 14.4. The van der Waals surface area contributed by atoms with Crippen LogP contribution >= 0.6 is 11.6 Å². The van der Waals surface area contributed by atoms with Crippen LogP contribution in [0.1, 0.15) is 24.0 Å². The summed E-state index contributed by atoms with van der Waals surface area (Å²) in [5.41, 5.74) is 2.36. The first-order chi connectivity index (χ1) is 11.2. The number of benzene rings is 2. The molecule has 0 aromatic heterocycles. The van der Waals surface area contributed by atoms with E-state index >= 15 is 0 Å². The predicted molar refractivity (Wildman–Crippen MR) is 92.8 cm³/mol. The molecule has 116 valence electrons. The van der Waals surface area contributed by atoms with Crippen molar-refractivity contribution >= 4 is 28.9 Å². The monoisotopic (exact) mass is 326 g/mol. The Kier molecular flexibility index (Phi) is 4.64. The average molecular weight is 327 g/mol. The van der Waals surface area contributed by atoms with E-state index in [1.54, 1.807) is 24.3 Å². The molecule has 2 aromatic rings. The van der Waals surface area contributed by atoms with Gasteiger partial charge in [-0.2, -0.15) is 5.26 Å². The number of anilines is 1. The number of halogens is 2. The van der Waals surface area contributed by atoms with Crippen LogP contribution in [0.3, 0.4) is 0 Å². The normalized spacial score (nSPS) is 14.8. The Balaban J connectivity index is 1.93. The highest BCUT2D eigenvalue weighted by molar-refractivity contribution is 6.32. The van der Waals surface area contributed by atoms with Crippen molar-refractivity contribution in [1.29, 1.82) is 5.26 Å². The molecular formula is C19H16ClFN2. The van der Waals surface area contributed by atoms with Crippen LogP contribution in [0.15, 0.2) is 42.5 Å². The van der Waals surface area contributed by atoms with Crippen molar-refractivity contribution in [1.82, 2.24) is 0 Å². The first-order valence-electron chi connectivity index (χ1n) is 7.60. The summed E-state index contributed by atoms with van der Waals surface area (Å²) in [6, 6.07) is 14.4. The van der Waals surface area contributed by atoms with E-state index in [1.165, 1.54) is 6.07 Å². The van der Waals surface area contributed by atoms with Crippen molar-refractivity contribution in [2.45, 2.75) is 12.8 Å². The van der Waals surface area contributed by atoms with Gasteiger partial charge in [-0.05, 0) is 42.7 Å². The highest BCUT2D eigenvalue weighted by Crippen LogP contribution is 2.28. The minimum absolute atomic E-state index is 0.253. The van der Waals surface area contributed by atoms with Gasteiger partial charge in [0.25, 0.3) is 0 Å². The van der Waals surface area contributed by atoms with Crippen molar-refractivity contribution in [3.63, 3.8) is 0 Å². The molecular weight excluding hydrogens is 311 g/mol. The third kappa shape index (κ3) is 3.38. The first kappa shape index (κ1) is 15.6. The molecule has 0 saturated carbocycles. The molecule has 0 unspecified atom stereocenters. The van der Waals surface area contributed by atoms with Gasteiger partial charge in [-0.1, -0.05) is 35.9 Å². The van der Waals surface area contributed by atoms with Gasteiger partial charge in [0.2, 0.25) is 0 Å². The Morgan fingerprint density at radius 1 is 1.17 bits per heavy atom. The second kappa shape index (κ2) is 6.85. The number of nitrogens with zero attached hydrogens (tertiary/aromatic N) is 2. The lowest BCUT2D eigenvalue weighted by atomic mass is 10.0. The maximum Gasteiger partial charge on any atom is 0.147 e. The summed E-state index contributed by atoms with van der Waals surface area (Å²) >= 11 is 6.13. The van der Waals surface area contributed by atoms with Gasteiger partial charge in [-0.15, -0.1) is 0 Å². The van der Waals surface area contributed by atoms with Crippen LogP contribution in [0.25, 0.3) is 11.6 Å². The van der Waals surface area contributed by atoms with Crippen LogP contribution < -0.4 is 4.90 Å². The van der Waals surface area contributed by atoms with Crippen LogP contribution in [0.5, 0.6) is 0 Å². The van der Waals surface area contributed by atoms with E-state index in [-0.39, 0.29) is 5.82 Å². The Hall–Kier alpha value is -2.31. The summed E-state index contributed by atoms with van der Waals surface area (Å²) in [5, 5.41) is 9.89. The molecule has 4 heteroatoms. The van der Waals surface area contributed by atoms with Crippen LogP contribution in [0, 0.1) is 17.1 Å². The zero-order chi connectivity index (χ0) is 16.2. The lowest BCUT2D eigenvalue weighted by Gasteiger charge is -2.18. The molecule has 2 aromatic carbocycles. The lowest BCUT2D eigenvalue weighted by Crippen LogP contribution is -2.18. The summed E-state index contributed by atoms with van der Waals surface area (Å²) in [6.45, 7) is 1.80. The minimum atomic E-state index is -0.253. The van der Waals surface area contributed by atoms with Gasteiger partial charge in [0.15, 0.2) is 0 Å². The number of nitriles is 1. The molecule has 0 amide bonds. The molecule has 1 saturated heterocycles. The summed E-state index contributed by atoms with van der Waals surface area (Å²) in [4.78, 5) is 2.06. The van der Waals surface area contributed by atoms with Crippen molar-refractivity contribution < 1.29 is 4.39 Å². The van der Waals surface area contributed by atoms with Crippen molar-refractivity contribution in [3.05, 3.63) is 64.4 Å². The summed E-state index contributed by atoms with van der Waals surface area (Å²) in [6.07, 6.45) is 3.87. The van der Waals surface area contributed by atoms with Crippen molar-refractivity contribution in [3.8, 4) is 6.07 Å². The van der Waals surface area contributed by atoms with Gasteiger partial charge in [0.05, 0.1) is 17.3 Å². The van der Waals surface area contributed by atoms with E-state index in [0.717, 1.165) is 25.9 Å². The Morgan fingerprint density at radius 3 is 2.57 bits per heavy atom. The van der Waals surface area contributed by atoms with Gasteiger partial charge < -0.3 is 4.90 Å².